The number of aliphatic hydroxyl groups is 1. The number of rotatable bonds is 9. The van der Waals surface area contributed by atoms with Crippen LogP contribution in [0.25, 0.3) is 0 Å². The molecule has 1 saturated heterocycles. The van der Waals surface area contributed by atoms with Gasteiger partial charge in [-0.3, -0.25) is 14.5 Å². The van der Waals surface area contributed by atoms with Crippen LogP contribution < -0.4 is 0 Å². The van der Waals surface area contributed by atoms with E-state index in [1.165, 1.54) is 6.42 Å². The van der Waals surface area contributed by atoms with Crippen molar-refractivity contribution >= 4 is 40.4 Å². The minimum Gasteiger partial charge on any atom is -0.501 e. The lowest BCUT2D eigenvalue weighted by Gasteiger charge is -2.38. The second-order valence-corrected chi connectivity index (χ2v) is 8.85. The monoisotopic (exact) mass is 422 g/mol. The first-order chi connectivity index (χ1) is 13.2. The molecule has 6 heteroatoms. The molecule has 0 aliphatic carbocycles. The number of thiocarbonyl (C=S) groups is 1. The zero-order chi connectivity index (χ0) is 20.9. The first kappa shape index (κ1) is 23.0. The smallest absolute Gasteiger partial charge is 0.204 e. The van der Waals surface area contributed by atoms with Gasteiger partial charge in [-0.05, 0) is 56.2 Å². The molecule has 1 fully saturated rings. The summed E-state index contributed by atoms with van der Waals surface area (Å²) in [6.45, 7) is 7.01. The third-order valence-corrected chi connectivity index (χ3v) is 6.30. The summed E-state index contributed by atoms with van der Waals surface area (Å²) in [5.74, 6) is -1.60. The molecule has 0 amide bonds. The quantitative estimate of drug-likeness (QED) is 0.451. The summed E-state index contributed by atoms with van der Waals surface area (Å²) < 4.78 is 0. The number of hydrogen-bond acceptors (Lipinski definition) is 4. The predicted molar refractivity (Wildman–Crippen MR) is 117 cm³/mol. The van der Waals surface area contributed by atoms with E-state index in [0.29, 0.717) is 17.0 Å². The maximum atomic E-state index is 12.9. The number of piperidine rings is 1. The van der Waals surface area contributed by atoms with Gasteiger partial charge in [0.05, 0.1) is 12.3 Å². The lowest BCUT2D eigenvalue weighted by molar-refractivity contribution is -0.140. The predicted octanol–water partition coefficient (Wildman–Crippen LogP) is 4.94. The van der Waals surface area contributed by atoms with E-state index in [2.05, 4.69) is 4.90 Å². The third kappa shape index (κ3) is 5.40. The van der Waals surface area contributed by atoms with Crippen LogP contribution in [0, 0.1) is 11.8 Å². The van der Waals surface area contributed by atoms with Crippen molar-refractivity contribution in [1.82, 2.24) is 4.90 Å². The Morgan fingerprint density at radius 2 is 1.86 bits per heavy atom. The van der Waals surface area contributed by atoms with E-state index >= 15 is 0 Å². The van der Waals surface area contributed by atoms with Gasteiger partial charge in [-0.15, -0.1) is 0 Å². The first-order valence-electron chi connectivity index (χ1n) is 9.84. The van der Waals surface area contributed by atoms with Crippen LogP contribution >= 0.6 is 23.8 Å². The van der Waals surface area contributed by atoms with Gasteiger partial charge in [-0.25, -0.2) is 0 Å². The highest BCUT2D eigenvalue weighted by molar-refractivity contribution is 7.80. The van der Waals surface area contributed by atoms with Crippen LogP contribution in [0.15, 0.2) is 24.3 Å². The molecule has 28 heavy (non-hydrogen) atoms. The number of hydrogen-bond donors (Lipinski definition) is 1. The Morgan fingerprint density at radius 3 is 2.39 bits per heavy atom. The molecule has 0 spiro atoms. The van der Waals surface area contributed by atoms with Crippen LogP contribution in [0.2, 0.25) is 5.02 Å². The highest BCUT2D eigenvalue weighted by atomic mass is 35.5. The van der Waals surface area contributed by atoms with E-state index in [9.17, 15) is 14.7 Å². The maximum absolute atomic E-state index is 12.9. The van der Waals surface area contributed by atoms with Crippen molar-refractivity contribution in [2.75, 3.05) is 13.1 Å². The number of nitrogens with zero attached hydrogens (tertiary/aromatic N) is 1. The van der Waals surface area contributed by atoms with Crippen LogP contribution in [0.4, 0.5) is 0 Å². The molecule has 1 heterocycles. The number of ketones is 2. The lowest BCUT2D eigenvalue weighted by Crippen LogP contribution is -2.48. The number of Topliss-reactive ketones (excluding diaryl/α,β-unsaturated/α-hetero) is 2. The second-order valence-electron chi connectivity index (χ2n) is 8.02. The normalized spacial score (nSPS) is 17.7. The van der Waals surface area contributed by atoms with Crippen LogP contribution in [-0.2, 0) is 9.59 Å². The Kier molecular flexibility index (Phi) is 8.17. The second kappa shape index (κ2) is 9.95. The third-order valence-electron chi connectivity index (χ3n) is 5.70. The zero-order valence-electron chi connectivity index (χ0n) is 16.8. The zero-order valence-corrected chi connectivity index (χ0v) is 18.4. The fourth-order valence-corrected chi connectivity index (χ4v) is 4.06. The largest absolute Gasteiger partial charge is 0.501 e. The summed E-state index contributed by atoms with van der Waals surface area (Å²) in [6.07, 6.45) is 5.15. The van der Waals surface area contributed by atoms with E-state index in [4.69, 9.17) is 23.8 Å². The van der Waals surface area contributed by atoms with Crippen molar-refractivity contribution < 1.29 is 14.7 Å². The number of aliphatic hydroxyl groups excluding tert-OH is 1. The molecule has 1 aliphatic rings. The van der Waals surface area contributed by atoms with Crippen molar-refractivity contribution in [3.05, 3.63) is 41.3 Å². The molecule has 1 N–H and O–H groups in total. The molecule has 2 rings (SSSR count). The fraction of sp³-hybridized carbons (Fsp3) is 0.545. The van der Waals surface area contributed by atoms with Gasteiger partial charge < -0.3 is 5.11 Å². The molecule has 153 valence electrons. The van der Waals surface area contributed by atoms with Crippen molar-refractivity contribution in [2.45, 2.75) is 58.4 Å². The van der Waals surface area contributed by atoms with Gasteiger partial charge in [0.1, 0.15) is 0 Å². The molecule has 0 saturated carbocycles. The van der Waals surface area contributed by atoms with Gasteiger partial charge in [0.15, 0.2) is 5.05 Å². The topological polar surface area (TPSA) is 57.6 Å². The summed E-state index contributed by atoms with van der Waals surface area (Å²) in [7, 11) is 0. The van der Waals surface area contributed by atoms with Crippen molar-refractivity contribution in [1.29, 1.82) is 0 Å². The first-order valence-corrected chi connectivity index (χ1v) is 10.6. The summed E-state index contributed by atoms with van der Waals surface area (Å²) >= 11 is 11.6. The molecule has 1 aliphatic heterocycles. The lowest BCUT2D eigenvalue weighted by atomic mass is 9.79. The minimum atomic E-state index is -0.723. The van der Waals surface area contributed by atoms with Crippen LogP contribution in [0.5, 0.6) is 0 Å². The maximum Gasteiger partial charge on any atom is 0.204 e. The average molecular weight is 423 g/mol. The molecule has 2 atom stereocenters. The van der Waals surface area contributed by atoms with Gasteiger partial charge in [0, 0.05) is 16.5 Å². The van der Waals surface area contributed by atoms with E-state index in [-0.39, 0.29) is 5.05 Å². The van der Waals surface area contributed by atoms with Gasteiger partial charge in [-0.1, -0.05) is 57.0 Å². The SMILES string of the molecule is CCC(C)(C)C(=O)C(=O)[CH]C(C(C(O)=S)c1ccccc1Cl)N1CCCCC1. The fourth-order valence-electron chi connectivity index (χ4n) is 3.54. The molecule has 1 aromatic carbocycles. The molecule has 1 aromatic rings. The minimum absolute atomic E-state index is 0.227. The van der Waals surface area contributed by atoms with E-state index in [0.717, 1.165) is 32.4 Å². The Hall–Kier alpha value is -1.30. The van der Waals surface area contributed by atoms with Gasteiger partial charge in [-0.2, -0.15) is 0 Å². The standard InChI is InChI=1S/C22H29ClNO3S/c1-4-22(2,3)20(26)18(25)14-17(24-12-8-5-9-13-24)19(21(27)28)15-10-6-7-11-16(15)23/h6-7,10-11,14,17,19H,4-5,8-9,12-13H2,1-3H3,(H,27,28). The van der Waals surface area contributed by atoms with Crippen molar-refractivity contribution in [3.8, 4) is 0 Å². The molecule has 0 aromatic heterocycles. The summed E-state index contributed by atoms with van der Waals surface area (Å²) in [4.78, 5) is 27.7. The Bertz CT molecular complexity index is 728. The molecule has 4 nitrogen and oxygen atoms in total. The number of likely N-dealkylation sites (tertiary alicyclic amines) is 1. The number of benzene rings is 1. The van der Waals surface area contributed by atoms with Crippen LogP contribution in [0.1, 0.15) is 57.9 Å². The highest BCUT2D eigenvalue weighted by Gasteiger charge is 2.39. The Balaban J connectivity index is 2.40. The van der Waals surface area contributed by atoms with Crippen LogP contribution in [0.3, 0.4) is 0 Å². The van der Waals surface area contributed by atoms with E-state index in [1.807, 2.05) is 19.1 Å². The van der Waals surface area contributed by atoms with Gasteiger partial charge in [0.25, 0.3) is 0 Å². The summed E-state index contributed by atoms with van der Waals surface area (Å²) in [5, 5.41) is 10.6. The molecule has 2 unspecified atom stereocenters. The summed E-state index contributed by atoms with van der Waals surface area (Å²) in [5.41, 5.74) is -0.0573. The molecular formula is C22H29ClNO3S. The van der Waals surface area contributed by atoms with E-state index in [1.54, 1.807) is 26.0 Å². The number of halogens is 1. The van der Waals surface area contributed by atoms with Crippen molar-refractivity contribution in [2.24, 2.45) is 5.41 Å². The molecular weight excluding hydrogens is 394 g/mol. The Morgan fingerprint density at radius 1 is 1.25 bits per heavy atom. The number of carbonyl (C=O) groups is 2. The highest BCUT2D eigenvalue weighted by Crippen LogP contribution is 2.34. The van der Waals surface area contributed by atoms with Gasteiger partial charge >= 0.3 is 0 Å². The Labute approximate surface area is 178 Å². The van der Waals surface area contributed by atoms with Crippen molar-refractivity contribution in [3.63, 3.8) is 0 Å². The molecule has 1 radical (unpaired) electrons. The average Bonchev–Trinajstić information content (AvgIpc) is 2.68. The summed E-state index contributed by atoms with van der Waals surface area (Å²) in [6, 6.07) is 6.67. The van der Waals surface area contributed by atoms with Gasteiger partial charge in [0.2, 0.25) is 11.6 Å². The molecule has 0 bridgehead atoms. The van der Waals surface area contributed by atoms with E-state index < -0.39 is 28.9 Å². The van der Waals surface area contributed by atoms with Crippen LogP contribution in [-0.4, -0.2) is 45.8 Å². The number of carbonyl (C=O) groups excluding carboxylic acids is 2.